The summed E-state index contributed by atoms with van der Waals surface area (Å²) in [6.45, 7) is 5.67. The molecule has 2 aromatic heterocycles. The average Bonchev–Trinajstić information content (AvgIpc) is 3.24. The molecule has 8 heteroatoms. The highest BCUT2D eigenvalue weighted by molar-refractivity contribution is 6.06. The lowest BCUT2D eigenvalue weighted by Gasteiger charge is -2.36. The molecule has 1 fully saturated rings. The third kappa shape index (κ3) is 4.09. The maximum absolute atomic E-state index is 13.7. The van der Waals surface area contributed by atoms with Crippen LogP contribution in [0.4, 0.5) is 4.39 Å². The van der Waals surface area contributed by atoms with E-state index in [0.29, 0.717) is 18.7 Å². The number of hydrogen-bond donors (Lipinski definition) is 2. The van der Waals surface area contributed by atoms with Crippen LogP contribution in [0.5, 0.6) is 5.88 Å². The number of aromatic nitrogens is 3. The normalized spacial score (nSPS) is 18.9. The van der Waals surface area contributed by atoms with E-state index in [1.54, 1.807) is 18.3 Å². The number of pyridine rings is 1. The Bertz CT molecular complexity index is 1360. The van der Waals surface area contributed by atoms with E-state index in [1.165, 1.54) is 19.1 Å². The minimum Gasteiger partial charge on any atom is -0.479 e. The van der Waals surface area contributed by atoms with E-state index in [4.69, 9.17) is 19.6 Å². The second-order valence-electron chi connectivity index (χ2n) is 9.14. The molecular weight excluding hydrogens is 437 g/mol. The van der Waals surface area contributed by atoms with E-state index in [-0.39, 0.29) is 23.9 Å². The van der Waals surface area contributed by atoms with Crippen LogP contribution in [0.3, 0.4) is 0 Å². The Hall–Kier alpha value is -3.52. The molecule has 0 spiro atoms. The number of aromatic amines is 1. The second-order valence-corrected chi connectivity index (χ2v) is 9.14. The summed E-state index contributed by atoms with van der Waals surface area (Å²) in [6, 6.07) is 10.5. The summed E-state index contributed by atoms with van der Waals surface area (Å²) in [7, 11) is 0. The van der Waals surface area contributed by atoms with Crippen LogP contribution in [0.25, 0.3) is 32.8 Å². The molecule has 0 saturated heterocycles. The number of carbonyl (C=O) groups is 1. The van der Waals surface area contributed by atoms with E-state index in [2.05, 4.69) is 30.1 Å². The molecule has 4 aromatic rings. The van der Waals surface area contributed by atoms with Crippen molar-refractivity contribution in [3.8, 4) is 17.0 Å². The van der Waals surface area contributed by atoms with Gasteiger partial charge in [-0.15, -0.1) is 0 Å². The summed E-state index contributed by atoms with van der Waals surface area (Å²) < 4.78 is 25.5. The predicted octanol–water partition coefficient (Wildman–Crippen LogP) is 5.44. The topological polar surface area (TPSA) is 97.3 Å². The van der Waals surface area contributed by atoms with Crippen molar-refractivity contribution in [3.63, 3.8) is 0 Å². The Morgan fingerprint density at radius 1 is 1.12 bits per heavy atom. The van der Waals surface area contributed by atoms with Crippen molar-refractivity contribution >= 4 is 27.6 Å². The van der Waals surface area contributed by atoms with Crippen molar-refractivity contribution < 1.29 is 23.8 Å². The van der Waals surface area contributed by atoms with Crippen LogP contribution in [-0.2, 0) is 9.53 Å². The standard InChI is InChI=1S/C26H26FN3O4/c1-13(2)24-23(15-4-6-17(27)7-5-15)20-8-16-12-28-30-22(16)11-21(20)25(29-24)34-19-9-18(10-19)33-14(3)26(31)32/h4-8,11-14,18-19H,9-10H2,1-3H3,(H,28,30)(H,31,32). The molecule has 176 valence electrons. The number of aliphatic carboxylic acids is 1. The number of ether oxygens (including phenoxy) is 2. The fourth-order valence-electron chi connectivity index (χ4n) is 4.40. The van der Waals surface area contributed by atoms with Gasteiger partial charge in [-0.25, -0.2) is 14.2 Å². The number of carboxylic acids is 1. The highest BCUT2D eigenvalue weighted by Crippen LogP contribution is 2.41. The summed E-state index contributed by atoms with van der Waals surface area (Å²) in [5.74, 6) is -0.640. The van der Waals surface area contributed by atoms with Gasteiger partial charge in [0.1, 0.15) is 11.9 Å². The Morgan fingerprint density at radius 2 is 1.85 bits per heavy atom. The third-order valence-corrected chi connectivity index (χ3v) is 6.31. The molecule has 2 aromatic carbocycles. The molecule has 0 aliphatic heterocycles. The van der Waals surface area contributed by atoms with E-state index in [9.17, 15) is 9.18 Å². The number of carboxylic acid groups (broad SMARTS) is 1. The van der Waals surface area contributed by atoms with Crippen molar-refractivity contribution in [2.24, 2.45) is 0 Å². The predicted molar refractivity (Wildman–Crippen MR) is 126 cm³/mol. The summed E-state index contributed by atoms with van der Waals surface area (Å²) in [5, 5.41) is 19.0. The maximum atomic E-state index is 13.7. The molecule has 0 bridgehead atoms. The lowest BCUT2D eigenvalue weighted by molar-refractivity contribution is -0.160. The van der Waals surface area contributed by atoms with Crippen molar-refractivity contribution in [1.82, 2.24) is 15.2 Å². The molecule has 1 atom stereocenters. The number of fused-ring (bicyclic) bond motifs is 2. The van der Waals surface area contributed by atoms with Gasteiger partial charge in [-0.2, -0.15) is 5.10 Å². The van der Waals surface area contributed by atoms with Gasteiger partial charge in [-0.3, -0.25) is 5.10 Å². The van der Waals surface area contributed by atoms with Gasteiger partial charge in [-0.05, 0) is 48.1 Å². The molecule has 2 N–H and O–H groups in total. The van der Waals surface area contributed by atoms with Crippen molar-refractivity contribution in [3.05, 3.63) is 54.1 Å². The van der Waals surface area contributed by atoms with Crippen LogP contribution in [-0.4, -0.2) is 44.6 Å². The summed E-state index contributed by atoms with van der Waals surface area (Å²) in [4.78, 5) is 16.0. The van der Waals surface area contributed by atoms with Crippen molar-refractivity contribution in [2.75, 3.05) is 0 Å². The SMILES string of the molecule is CC(OC1CC(Oc2nc(C(C)C)c(-c3ccc(F)cc3)c3cc4cn[nH]c4cc23)C1)C(=O)O. The van der Waals surface area contributed by atoms with Gasteiger partial charge < -0.3 is 14.6 Å². The van der Waals surface area contributed by atoms with Gasteiger partial charge in [0.2, 0.25) is 5.88 Å². The van der Waals surface area contributed by atoms with Gasteiger partial charge in [0.05, 0.1) is 23.5 Å². The lowest BCUT2D eigenvalue weighted by atomic mass is 9.90. The Balaban J connectivity index is 1.57. The van der Waals surface area contributed by atoms with E-state index >= 15 is 0 Å². The summed E-state index contributed by atoms with van der Waals surface area (Å²) >= 11 is 0. The highest BCUT2D eigenvalue weighted by Gasteiger charge is 2.35. The number of benzene rings is 2. The monoisotopic (exact) mass is 463 g/mol. The number of H-pyrrole nitrogens is 1. The third-order valence-electron chi connectivity index (χ3n) is 6.31. The minimum absolute atomic E-state index is 0.0979. The number of nitrogens with one attached hydrogen (secondary N) is 1. The summed E-state index contributed by atoms with van der Waals surface area (Å²) in [5.41, 5.74) is 3.57. The fourth-order valence-corrected chi connectivity index (χ4v) is 4.40. The van der Waals surface area contributed by atoms with Crippen LogP contribution in [0, 0.1) is 5.82 Å². The first-order chi connectivity index (χ1) is 16.3. The molecule has 5 rings (SSSR count). The quantitative estimate of drug-likeness (QED) is 0.379. The highest BCUT2D eigenvalue weighted by atomic mass is 19.1. The molecule has 34 heavy (non-hydrogen) atoms. The average molecular weight is 464 g/mol. The largest absolute Gasteiger partial charge is 0.479 e. The molecule has 2 heterocycles. The van der Waals surface area contributed by atoms with Crippen LogP contribution in [0.2, 0.25) is 0 Å². The molecule has 0 amide bonds. The summed E-state index contributed by atoms with van der Waals surface area (Å²) in [6.07, 6.45) is 1.87. The first-order valence-corrected chi connectivity index (χ1v) is 11.4. The molecule has 1 aliphatic carbocycles. The van der Waals surface area contributed by atoms with Crippen LogP contribution < -0.4 is 4.74 Å². The van der Waals surface area contributed by atoms with Crippen LogP contribution >= 0.6 is 0 Å². The number of rotatable bonds is 7. The Morgan fingerprint density at radius 3 is 2.53 bits per heavy atom. The zero-order valence-electron chi connectivity index (χ0n) is 19.2. The molecule has 1 unspecified atom stereocenters. The first-order valence-electron chi connectivity index (χ1n) is 11.4. The molecule has 7 nitrogen and oxygen atoms in total. The van der Waals surface area contributed by atoms with Gasteiger partial charge in [-0.1, -0.05) is 26.0 Å². The van der Waals surface area contributed by atoms with Gasteiger partial charge >= 0.3 is 5.97 Å². The number of hydrogen-bond acceptors (Lipinski definition) is 5. The fraction of sp³-hybridized carbons (Fsp3) is 0.346. The zero-order valence-corrected chi connectivity index (χ0v) is 19.2. The minimum atomic E-state index is -0.974. The molecule has 1 saturated carbocycles. The maximum Gasteiger partial charge on any atom is 0.332 e. The van der Waals surface area contributed by atoms with Crippen LogP contribution in [0.1, 0.15) is 45.2 Å². The Kier molecular flexibility index (Phi) is 5.69. The van der Waals surface area contributed by atoms with Crippen molar-refractivity contribution in [1.29, 1.82) is 0 Å². The van der Waals surface area contributed by atoms with E-state index in [0.717, 1.165) is 38.5 Å². The number of nitrogens with zero attached hydrogens (tertiary/aromatic N) is 2. The number of halogens is 1. The first kappa shape index (κ1) is 22.3. The molecular formula is C26H26FN3O4. The molecule has 0 radical (unpaired) electrons. The lowest BCUT2D eigenvalue weighted by Crippen LogP contribution is -2.42. The van der Waals surface area contributed by atoms with E-state index < -0.39 is 12.1 Å². The van der Waals surface area contributed by atoms with Crippen LogP contribution in [0.15, 0.2) is 42.6 Å². The Labute approximate surface area is 195 Å². The van der Waals surface area contributed by atoms with Gasteiger partial charge in [0, 0.05) is 29.2 Å². The van der Waals surface area contributed by atoms with Gasteiger partial charge in [0.15, 0.2) is 6.10 Å². The smallest absolute Gasteiger partial charge is 0.332 e. The van der Waals surface area contributed by atoms with Crippen molar-refractivity contribution in [2.45, 2.75) is 57.8 Å². The molecule has 1 aliphatic rings. The second kappa shape index (κ2) is 8.68. The zero-order chi connectivity index (χ0) is 24.0. The van der Waals surface area contributed by atoms with E-state index in [1.807, 2.05) is 6.07 Å². The van der Waals surface area contributed by atoms with Gasteiger partial charge in [0.25, 0.3) is 0 Å².